The second-order valence-electron chi connectivity index (χ2n) is 6.85. The molecule has 0 bridgehead atoms. The van der Waals surface area contributed by atoms with Gasteiger partial charge in [-0.1, -0.05) is 36.0 Å². The lowest BCUT2D eigenvalue weighted by Crippen LogP contribution is -2.25. The van der Waals surface area contributed by atoms with E-state index in [4.69, 9.17) is 4.74 Å². The van der Waals surface area contributed by atoms with Crippen LogP contribution in [0.25, 0.3) is 6.08 Å². The predicted octanol–water partition coefficient (Wildman–Crippen LogP) is 4.77. The quantitative estimate of drug-likeness (QED) is 0.569. The first kappa shape index (κ1) is 20.8. The van der Waals surface area contributed by atoms with Gasteiger partial charge in [0.05, 0.1) is 6.04 Å². The molecule has 1 aliphatic rings. The fourth-order valence-corrected chi connectivity index (χ4v) is 3.94. The number of ether oxygens (including phenoxy) is 1. The minimum absolute atomic E-state index is 0.0344. The second-order valence-corrected chi connectivity index (χ2v) is 7.86. The first-order chi connectivity index (χ1) is 15.2. The lowest BCUT2D eigenvalue weighted by molar-refractivity contribution is -0.115. The first-order valence-electron chi connectivity index (χ1n) is 9.72. The third-order valence-corrected chi connectivity index (χ3v) is 5.54. The Labute approximate surface area is 184 Å². The van der Waals surface area contributed by atoms with E-state index in [0.29, 0.717) is 10.9 Å². The number of nitrogens with one attached hydrogen (secondary N) is 1. The molecule has 1 atom stereocenters. The summed E-state index contributed by atoms with van der Waals surface area (Å²) in [4.78, 5) is 20.8. The van der Waals surface area contributed by atoms with Crippen molar-refractivity contribution in [2.24, 2.45) is 4.99 Å². The third kappa shape index (κ3) is 6.02. The van der Waals surface area contributed by atoms with Crippen molar-refractivity contribution in [3.63, 3.8) is 0 Å². The summed E-state index contributed by atoms with van der Waals surface area (Å²) in [5, 5.41) is 3.44. The van der Waals surface area contributed by atoms with Crippen LogP contribution in [0.15, 0.2) is 84.1 Å². The van der Waals surface area contributed by atoms with Crippen LogP contribution in [0.5, 0.6) is 5.75 Å². The number of aromatic nitrogens is 1. The maximum Gasteiger partial charge on any atom is 0.249 e. The minimum Gasteiger partial charge on any atom is -0.489 e. The molecule has 2 heterocycles. The third-order valence-electron chi connectivity index (χ3n) is 4.57. The molecule has 2 aromatic carbocycles. The number of halogens is 1. The van der Waals surface area contributed by atoms with Crippen LogP contribution in [0.4, 0.5) is 4.39 Å². The maximum absolute atomic E-state index is 13.2. The van der Waals surface area contributed by atoms with Crippen LogP contribution in [0.2, 0.25) is 0 Å². The molecule has 31 heavy (non-hydrogen) atoms. The number of carbonyl (C=O) groups excluding carboxylic acids is 1. The lowest BCUT2D eigenvalue weighted by atomic mass is 10.1. The molecule has 1 amide bonds. The zero-order valence-corrected chi connectivity index (χ0v) is 17.4. The number of amides is 1. The molecule has 1 N–H and O–H groups in total. The largest absolute Gasteiger partial charge is 0.489 e. The zero-order chi connectivity index (χ0) is 21.5. The second kappa shape index (κ2) is 10.0. The van der Waals surface area contributed by atoms with Crippen molar-refractivity contribution in [1.82, 2.24) is 10.3 Å². The molecule has 1 unspecified atom stereocenters. The van der Waals surface area contributed by atoms with E-state index in [1.807, 2.05) is 42.5 Å². The van der Waals surface area contributed by atoms with Gasteiger partial charge in [0.25, 0.3) is 0 Å². The molecule has 1 aromatic heterocycles. The van der Waals surface area contributed by atoms with E-state index in [9.17, 15) is 9.18 Å². The van der Waals surface area contributed by atoms with E-state index in [1.165, 1.54) is 30.0 Å². The molecule has 0 aliphatic carbocycles. The summed E-state index contributed by atoms with van der Waals surface area (Å²) >= 11 is 1.53. The Morgan fingerprint density at radius 2 is 1.97 bits per heavy atom. The Morgan fingerprint density at radius 1 is 1.16 bits per heavy atom. The molecule has 1 aliphatic heterocycles. The Hall–Kier alpha value is -3.45. The highest BCUT2D eigenvalue weighted by Gasteiger charge is 2.20. The number of aliphatic imine (C=N–C) groups is 1. The Bertz CT molecular complexity index is 1100. The standard InChI is InChI=1S/C24H20FN3O2S/c25-20-3-1-2-18(14-20)15-30-21-7-4-17(5-8-21)6-9-23(29)28-24-27-22(16-31-24)19-10-12-26-13-11-19/h1-14,22H,15-16H2,(H,27,28,29)/b9-6+. The van der Waals surface area contributed by atoms with Crippen LogP contribution < -0.4 is 10.1 Å². The number of carbonyl (C=O) groups is 1. The van der Waals surface area contributed by atoms with Crippen molar-refractivity contribution >= 4 is 28.9 Å². The molecule has 0 fully saturated rings. The van der Waals surface area contributed by atoms with Crippen molar-refractivity contribution in [2.75, 3.05) is 5.75 Å². The summed E-state index contributed by atoms with van der Waals surface area (Å²) in [6.45, 7) is 0.287. The molecule has 5 nitrogen and oxygen atoms in total. The number of rotatable bonds is 6. The molecular formula is C24H20FN3O2S. The summed E-state index contributed by atoms with van der Waals surface area (Å²) in [5.41, 5.74) is 2.71. The highest BCUT2D eigenvalue weighted by atomic mass is 32.2. The van der Waals surface area contributed by atoms with E-state index < -0.39 is 0 Å². The lowest BCUT2D eigenvalue weighted by Gasteiger charge is -2.06. The summed E-state index contributed by atoms with van der Waals surface area (Å²) in [5.74, 6) is 0.952. The number of hydrogen-bond donors (Lipinski definition) is 1. The van der Waals surface area contributed by atoms with E-state index in [0.717, 1.165) is 22.4 Å². The topological polar surface area (TPSA) is 63.6 Å². The van der Waals surface area contributed by atoms with Gasteiger partial charge in [-0.3, -0.25) is 14.8 Å². The summed E-state index contributed by atoms with van der Waals surface area (Å²) in [6, 6.07) is 17.5. The zero-order valence-electron chi connectivity index (χ0n) is 16.6. The Kier molecular flexibility index (Phi) is 6.74. The highest BCUT2D eigenvalue weighted by Crippen LogP contribution is 2.29. The summed E-state index contributed by atoms with van der Waals surface area (Å²) < 4.78 is 18.9. The fraction of sp³-hybridized carbons (Fsp3) is 0.125. The van der Waals surface area contributed by atoms with Crippen molar-refractivity contribution in [1.29, 1.82) is 0 Å². The monoisotopic (exact) mass is 433 g/mol. The van der Waals surface area contributed by atoms with Gasteiger partial charge < -0.3 is 10.1 Å². The molecule has 7 heteroatoms. The van der Waals surface area contributed by atoms with E-state index in [2.05, 4.69) is 15.3 Å². The van der Waals surface area contributed by atoms with Crippen molar-refractivity contribution in [2.45, 2.75) is 12.6 Å². The van der Waals surface area contributed by atoms with Gasteiger partial charge in [0, 0.05) is 24.2 Å². The normalized spacial score (nSPS) is 15.6. The van der Waals surface area contributed by atoms with Crippen molar-refractivity contribution in [3.05, 3.63) is 102 Å². The van der Waals surface area contributed by atoms with Gasteiger partial charge in [-0.05, 0) is 59.2 Å². The molecule has 4 rings (SSSR count). The van der Waals surface area contributed by atoms with Crippen LogP contribution >= 0.6 is 11.8 Å². The predicted molar refractivity (Wildman–Crippen MR) is 121 cm³/mol. The fourth-order valence-electron chi connectivity index (χ4n) is 2.99. The van der Waals surface area contributed by atoms with Crippen LogP contribution in [0, 0.1) is 5.82 Å². The number of benzene rings is 2. The smallest absolute Gasteiger partial charge is 0.249 e. The van der Waals surface area contributed by atoms with Crippen molar-refractivity contribution < 1.29 is 13.9 Å². The van der Waals surface area contributed by atoms with Gasteiger partial charge in [0.1, 0.15) is 18.2 Å². The van der Waals surface area contributed by atoms with E-state index in [-0.39, 0.29) is 24.4 Å². The SMILES string of the molecule is O=C(/C=C/c1ccc(OCc2cccc(F)c2)cc1)NC1=NC(c2ccncc2)CS1. The van der Waals surface area contributed by atoms with Gasteiger partial charge in [-0.25, -0.2) is 4.39 Å². The molecule has 0 radical (unpaired) electrons. The number of nitrogens with zero attached hydrogens (tertiary/aromatic N) is 2. The Morgan fingerprint density at radius 3 is 2.74 bits per heavy atom. The molecule has 0 saturated heterocycles. The number of amidine groups is 1. The Balaban J connectivity index is 1.28. The maximum atomic E-state index is 13.2. The van der Waals surface area contributed by atoms with Crippen LogP contribution in [-0.2, 0) is 11.4 Å². The van der Waals surface area contributed by atoms with Crippen LogP contribution in [0.3, 0.4) is 0 Å². The average Bonchev–Trinajstić information content (AvgIpc) is 3.26. The molecular weight excluding hydrogens is 413 g/mol. The molecule has 0 saturated carbocycles. The average molecular weight is 434 g/mol. The van der Waals surface area contributed by atoms with Crippen molar-refractivity contribution in [3.8, 4) is 5.75 Å². The van der Waals surface area contributed by atoms with Gasteiger partial charge >= 0.3 is 0 Å². The van der Waals surface area contributed by atoms with Gasteiger partial charge in [0.15, 0.2) is 5.17 Å². The highest BCUT2D eigenvalue weighted by molar-refractivity contribution is 8.14. The minimum atomic E-state index is -0.283. The van der Waals surface area contributed by atoms with Gasteiger partial charge in [0.2, 0.25) is 5.91 Å². The van der Waals surface area contributed by atoms with E-state index >= 15 is 0 Å². The number of hydrogen-bond acceptors (Lipinski definition) is 5. The molecule has 0 spiro atoms. The number of thioether (sulfide) groups is 1. The summed E-state index contributed by atoms with van der Waals surface area (Å²) in [7, 11) is 0. The van der Waals surface area contributed by atoms with Gasteiger partial charge in [-0.15, -0.1) is 0 Å². The van der Waals surface area contributed by atoms with Gasteiger partial charge in [-0.2, -0.15) is 0 Å². The van der Waals surface area contributed by atoms with Crippen LogP contribution in [0.1, 0.15) is 22.7 Å². The molecule has 156 valence electrons. The number of pyridine rings is 1. The first-order valence-corrected chi connectivity index (χ1v) is 10.7. The summed E-state index contributed by atoms with van der Waals surface area (Å²) in [6.07, 6.45) is 6.69. The van der Waals surface area contributed by atoms with E-state index in [1.54, 1.807) is 24.5 Å². The van der Waals surface area contributed by atoms with Crippen LogP contribution in [-0.4, -0.2) is 21.8 Å². The molecule has 3 aromatic rings.